The molecular formula is C22H22ClN3O5S2. The summed E-state index contributed by atoms with van der Waals surface area (Å²) in [6, 6.07) is 18.3. The summed E-state index contributed by atoms with van der Waals surface area (Å²) in [6.07, 6.45) is 1.09. The van der Waals surface area contributed by atoms with Crippen LogP contribution in [0.4, 0.5) is 17.1 Å². The minimum absolute atomic E-state index is 0.0927. The van der Waals surface area contributed by atoms with Crippen LogP contribution in [-0.2, 0) is 20.0 Å². The second-order valence-corrected chi connectivity index (χ2v) is 11.6. The predicted octanol–water partition coefficient (Wildman–Crippen LogP) is 3.81. The fourth-order valence-corrected chi connectivity index (χ4v) is 4.72. The summed E-state index contributed by atoms with van der Waals surface area (Å²) < 4.78 is 51.3. The lowest BCUT2D eigenvalue weighted by atomic mass is 10.2. The Labute approximate surface area is 198 Å². The zero-order chi connectivity index (χ0) is 24.4. The largest absolute Gasteiger partial charge is 0.322 e. The van der Waals surface area contributed by atoms with Gasteiger partial charge in [0.2, 0.25) is 10.0 Å². The summed E-state index contributed by atoms with van der Waals surface area (Å²) in [7, 11) is -4.40. The molecule has 0 spiro atoms. The van der Waals surface area contributed by atoms with Crippen LogP contribution in [0, 0.1) is 0 Å². The van der Waals surface area contributed by atoms with Gasteiger partial charge in [0.15, 0.2) is 0 Å². The van der Waals surface area contributed by atoms with Gasteiger partial charge in [0.25, 0.3) is 15.9 Å². The van der Waals surface area contributed by atoms with Gasteiger partial charge < -0.3 is 5.32 Å². The van der Waals surface area contributed by atoms with Crippen LogP contribution in [0.1, 0.15) is 10.4 Å². The van der Waals surface area contributed by atoms with Crippen LogP contribution in [0.2, 0.25) is 5.02 Å². The van der Waals surface area contributed by atoms with Gasteiger partial charge in [-0.25, -0.2) is 16.8 Å². The van der Waals surface area contributed by atoms with Crippen LogP contribution in [0.15, 0.2) is 77.7 Å². The SMILES string of the molecule is CN(c1cccc(NC(=O)c2ccc(N(C)S(=O)(=O)c3ccc(Cl)cc3)cc2)c1)S(C)(=O)=O. The van der Waals surface area contributed by atoms with Crippen molar-refractivity contribution in [2.45, 2.75) is 4.90 Å². The summed E-state index contributed by atoms with van der Waals surface area (Å²) >= 11 is 5.83. The number of sulfonamides is 2. The monoisotopic (exact) mass is 507 g/mol. The quantitative estimate of drug-likeness (QED) is 0.523. The Hall–Kier alpha value is -3.08. The standard InChI is InChI=1S/C22H22ClN3O5S2/c1-25(32(3,28)29)20-6-4-5-18(15-20)24-22(27)16-7-11-19(12-8-16)26(2)33(30,31)21-13-9-17(23)10-14-21/h4-15H,1-3H3,(H,24,27). The number of rotatable bonds is 7. The van der Waals surface area contributed by atoms with E-state index in [1.54, 1.807) is 24.3 Å². The van der Waals surface area contributed by atoms with Gasteiger partial charge >= 0.3 is 0 Å². The fourth-order valence-electron chi connectivity index (χ4n) is 2.90. The molecule has 0 fully saturated rings. The lowest BCUT2D eigenvalue weighted by Crippen LogP contribution is -2.26. The number of hydrogen-bond acceptors (Lipinski definition) is 5. The van der Waals surface area contributed by atoms with Crippen molar-refractivity contribution in [1.82, 2.24) is 0 Å². The molecule has 8 nitrogen and oxygen atoms in total. The molecule has 0 aliphatic rings. The van der Waals surface area contributed by atoms with Gasteiger partial charge in [-0.15, -0.1) is 0 Å². The second kappa shape index (κ2) is 9.42. The first kappa shape index (κ1) is 24.6. The molecule has 0 aliphatic heterocycles. The van der Waals surface area contributed by atoms with Gasteiger partial charge in [0.1, 0.15) is 0 Å². The van der Waals surface area contributed by atoms with E-state index in [9.17, 15) is 21.6 Å². The molecule has 0 radical (unpaired) electrons. The maximum Gasteiger partial charge on any atom is 0.264 e. The first-order chi connectivity index (χ1) is 15.4. The Balaban J connectivity index is 1.76. The van der Waals surface area contributed by atoms with Crippen molar-refractivity contribution < 1.29 is 21.6 Å². The van der Waals surface area contributed by atoms with E-state index < -0.39 is 26.0 Å². The molecule has 0 heterocycles. The third-order valence-electron chi connectivity index (χ3n) is 4.93. The fraction of sp³-hybridized carbons (Fsp3) is 0.136. The first-order valence-corrected chi connectivity index (χ1v) is 13.3. The zero-order valence-electron chi connectivity index (χ0n) is 18.1. The maximum absolute atomic E-state index is 12.8. The molecule has 174 valence electrons. The lowest BCUT2D eigenvalue weighted by molar-refractivity contribution is 0.102. The first-order valence-electron chi connectivity index (χ1n) is 9.59. The second-order valence-electron chi connectivity index (χ2n) is 7.21. The van der Waals surface area contributed by atoms with Gasteiger partial charge in [-0.2, -0.15) is 0 Å². The third kappa shape index (κ3) is 5.65. The molecule has 0 saturated carbocycles. The highest BCUT2D eigenvalue weighted by atomic mass is 35.5. The van der Waals surface area contributed by atoms with E-state index in [1.807, 2.05) is 0 Å². The Morgan fingerprint density at radius 3 is 2.00 bits per heavy atom. The molecule has 0 bridgehead atoms. The highest BCUT2D eigenvalue weighted by Crippen LogP contribution is 2.24. The molecule has 33 heavy (non-hydrogen) atoms. The lowest BCUT2D eigenvalue weighted by Gasteiger charge is -2.20. The highest BCUT2D eigenvalue weighted by Gasteiger charge is 2.21. The number of hydrogen-bond donors (Lipinski definition) is 1. The molecule has 0 aliphatic carbocycles. The molecule has 1 amide bonds. The van der Waals surface area contributed by atoms with Crippen LogP contribution < -0.4 is 13.9 Å². The minimum Gasteiger partial charge on any atom is -0.322 e. The van der Waals surface area contributed by atoms with Crippen molar-refractivity contribution in [3.63, 3.8) is 0 Å². The Morgan fingerprint density at radius 2 is 1.42 bits per heavy atom. The average Bonchev–Trinajstić information content (AvgIpc) is 2.78. The van der Waals surface area contributed by atoms with Crippen molar-refractivity contribution in [3.05, 3.63) is 83.4 Å². The Morgan fingerprint density at radius 1 is 0.818 bits per heavy atom. The van der Waals surface area contributed by atoms with E-state index in [0.29, 0.717) is 27.6 Å². The van der Waals surface area contributed by atoms with Crippen molar-refractivity contribution in [3.8, 4) is 0 Å². The number of halogens is 1. The van der Waals surface area contributed by atoms with Gasteiger partial charge in [-0.3, -0.25) is 13.4 Å². The smallest absolute Gasteiger partial charge is 0.264 e. The van der Waals surface area contributed by atoms with Crippen LogP contribution >= 0.6 is 11.6 Å². The van der Waals surface area contributed by atoms with E-state index in [-0.39, 0.29) is 4.90 Å². The molecule has 3 aromatic carbocycles. The maximum atomic E-state index is 12.8. The summed E-state index contributed by atoms with van der Waals surface area (Å²) in [5.41, 5.74) is 1.50. The molecule has 3 aromatic rings. The molecule has 11 heteroatoms. The molecule has 0 saturated heterocycles. The summed E-state index contributed by atoms with van der Waals surface area (Å²) in [4.78, 5) is 12.7. The van der Waals surface area contributed by atoms with E-state index in [2.05, 4.69) is 5.32 Å². The number of amides is 1. The number of anilines is 3. The average molecular weight is 508 g/mol. The minimum atomic E-state index is -3.80. The topological polar surface area (TPSA) is 104 Å². The van der Waals surface area contributed by atoms with Crippen molar-refractivity contribution >= 4 is 54.6 Å². The van der Waals surface area contributed by atoms with Crippen molar-refractivity contribution in [2.75, 3.05) is 34.3 Å². The molecule has 0 aromatic heterocycles. The van der Waals surface area contributed by atoms with Crippen LogP contribution in [0.5, 0.6) is 0 Å². The predicted molar refractivity (Wildman–Crippen MR) is 131 cm³/mol. The molecule has 3 rings (SSSR count). The van der Waals surface area contributed by atoms with Gasteiger partial charge in [-0.05, 0) is 66.7 Å². The molecule has 0 atom stereocenters. The van der Waals surface area contributed by atoms with E-state index in [1.165, 1.54) is 62.6 Å². The van der Waals surface area contributed by atoms with Gasteiger partial charge in [0, 0.05) is 30.4 Å². The molecular weight excluding hydrogens is 486 g/mol. The Kier molecular flexibility index (Phi) is 7.01. The van der Waals surface area contributed by atoms with Crippen molar-refractivity contribution in [2.24, 2.45) is 0 Å². The number of carbonyl (C=O) groups is 1. The molecule has 1 N–H and O–H groups in total. The van der Waals surface area contributed by atoms with Crippen LogP contribution in [-0.4, -0.2) is 43.1 Å². The summed E-state index contributed by atoms with van der Waals surface area (Å²) in [5, 5.41) is 3.14. The van der Waals surface area contributed by atoms with E-state index in [0.717, 1.165) is 14.9 Å². The summed E-state index contributed by atoms with van der Waals surface area (Å²) in [6.45, 7) is 0. The molecule has 0 unspecified atom stereocenters. The van der Waals surface area contributed by atoms with Crippen LogP contribution in [0.25, 0.3) is 0 Å². The summed E-state index contributed by atoms with van der Waals surface area (Å²) in [5.74, 6) is -0.427. The third-order valence-corrected chi connectivity index (χ3v) is 8.19. The zero-order valence-corrected chi connectivity index (χ0v) is 20.4. The number of carbonyl (C=O) groups excluding carboxylic acids is 1. The van der Waals surface area contributed by atoms with Gasteiger partial charge in [-0.1, -0.05) is 17.7 Å². The number of benzene rings is 3. The van der Waals surface area contributed by atoms with E-state index in [4.69, 9.17) is 11.6 Å². The van der Waals surface area contributed by atoms with E-state index >= 15 is 0 Å². The number of nitrogens with one attached hydrogen (secondary N) is 1. The highest BCUT2D eigenvalue weighted by molar-refractivity contribution is 7.92. The van der Waals surface area contributed by atoms with Crippen molar-refractivity contribution in [1.29, 1.82) is 0 Å². The van der Waals surface area contributed by atoms with Gasteiger partial charge in [0.05, 0.1) is 22.5 Å². The Bertz CT molecular complexity index is 1370. The van der Waals surface area contributed by atoms with Crippen LogP contribution in [0.3, 0.4) is 0 Å². The normalized spacial score (nSPS) is 11.6. The number of nitrogens with zero attached hydrogens (tertiary/aromatic N) is 2.